The van der Waals surface area contributed by atoms with Gasteiger partial charge >= 0.3 is 0 Å². The van der Waals surface area contributed by atoms with Gasteiger partial charge < -0.3 is 44.1 Å². The summed E-state index contributed by atoms with van der Waals surface area (Å²) in [4.78, 5) is 22.6. The summed E-state index contributed by atoms with van der Waals surface area (Å²) in [7, 11) is 9.30. The molecule has 0 saturated carbocycles. The van der Waals surface area contributed by atoms with Gasteiger partial charge in [-0.1, -0.05) is 194 Å². The van der Waals surface area contributed by atoms with E-state index in [0.717, 1.165) is 62.6 Å². The molecule has 6 aliphatic rings. The first-order chi connectivity index (χ1) is 55.3. The molecule has 0 aliphatic carbocycles. The number of anilines is 23. The van der Waals surface area contributed by atoms with Crippen molar-refractivity contribution in [2.24, 2.45) is 0 Å². The molecule has 528 valence electrons. The summed E-state index contributed by atoms with van der Waals surface area (Å²) in [5, 5.41) is 2.50. The molecular weight excluding hydrogens is 1400 g/mol. The van der Waals surface area contributed by atoms with Crippen LogP contribution in [0.15, 0.2) is 352 Å². The fraction of sp³-hybridized carbons (Fsp3) is 0.0408. The molecule has 0 fully saturated rings. The number of para-hydroxylation sites is 8. The van der Waals surface area contributed by atoms with Gasteiger partial charge in [-0.3, -0.25) is 0 Å². The third-order valence-corrected chi connectivity index (χ3v) is 26.7. The second-order valence-corrected chi connectivity index (χ2v) is 32.3. The molecule has 0 atom stereocenters. The number of hydrogen-bond acceptors (Lipinski definition) is 11. The van der Waals surface area contributed by atoms with E-state index >= 15 is 0 Å². The van der Waals surface area contributed by atoms with Crippen molar-refractivity contribution in [2.75, 3.05) is 72.3 Å². The van der Waals surface area contributed by atoms with Crippen molar-refractivity contribution in [1.82, 2.24) is 0 Å². The Balaban J connectivity index is 0.795. The lowest BCUT2D eigenvalue weighted by Gasteiger charge is -2.47. The average molecular weight is 1470 g/mol. The second-order valence-electron chi connectivity index (χ2n) is 30.2. The van der Waals surface area contributed by atoms with E-state index in [4.69, 9.17) is 0 Å². The fourth-order valence-corrected chi connectivity index (χ4v) is 22.1. The van der Waals surface area contributed by atoms with Gasteiger partial charge in [0.05, 0.1) is 28.4 Å². The highest BCUT2D eigenvalue weighted by molar-refractivity contribution is 7.34. The molecule has 9 nitrogen and oxygen atoms in total. The topological polar surface area (TPSA) is 29.2 Å². The SMILES string of the molecule is CN1c2cc3c(cc2B2c4cc5c(cc4N(C)c4cc(N(c6ccccc6)c6ccccc6)cc1c42)N(C)c1cc(N(c2ccccc2)c2ccccc2)cc2c1B5c1sc4ccccc4c1N2c1ccccc1)B1c2sc4ccccc4c2N(c2ccccc2)c2cc(N(c4ccccc4)c4ccccc4)cc(c21)N3C. The van der Waals surface area contributed by atoms with Gasteiger partial charge in [0.15, 0.2) is 0 Å². The predicted octanol–water partition coefficient (Wildman–Crippen LogP) is 20.0. The van der Waals surface area contributed by atoms with Gasteiger partial charge in [-0.05, 0) is 196 Å². The highest BCUT2D eigenvalue weighted by atomic mass is 32.1. The summed E-state index contributed by atoms with van der Waals surface area (Å²) in [6.07, 6.45) is 0. The first-order valence-electron chi connectivity index (χ1n) is 38.6. The summed E-state index contributed by atoms with van der Waals surface area (Å²) in [6, 6.07) is 131. The van der Waals surface area contributed by atoms with E-state index < -0.39 is 0 Å². The van der Waals surface area contributed by atoms with Crippen molar-refractivity contribution in [2.45, 2.75) is 0 Å². The Hall–Kier alpha value is -13.4. The maximum Gasteiger partial charge on any atom is 0.264 e. The van der Waals surface area contributed by atoms with Crippen molar-refractivity contribution >= 4 is 242 Å². The lowest BCUT2D eigenvalue weighted by Crippen LogP contribution is -2.66. The van der Waals surface area contributed by atoms with E-state index in [2.05, 4.69) is 424 Å². The quantitative estimate of drug-likeness (QED) is 0.118. The molecule has 0 spiro atoms. The number of nitrogens with zero attached hydrogens (tertiary/aromatic N) is 9. The number of hydrogen-bond donors (Lipinski definition) is 0. The third kappa shape index (κ3) is 9.52. The van der Waals surface area contributed by atoms with Crippen molar-refractivity contribution in [3.63, 3.8) is 0 Å². The number of rotatable bonds is 11. The highest BCUT2D eigenvalue weighted by Crippen LogP contribution is 2.54. The maximum absolute atomic E-state index is 2.68. The molecule has 2 aromatic heterocycles. The van der Waals surface area contributed by atoms with Gasteiger partial charge in [0.25, 0.3) is 20.1 Å². The molecule has 0 bridgehead atoms. The Morgan fingerprint density at radius 3 is 0.759 bits per heavy atom. The Bertz CT molecular complexity index is 6180. The van der Waals surface area contributed by atoms with Crippen LogP contribution in [0.1, 0.15) is 0 Å². The van der Waals surface area contributed by atoms with Crippen molar-refractivity contribution < 1.29 is 0 Å². The molecule has 8 heterocycles. The van der Waals surface area contributed by atoms with E-state index in [1.54, 1.807) is 0 Å². The number of thiophene rings is 2. The van der Waals surface area contributed by atoms with E-state index in [1.807, 2.05) is 22.7 Å². The molecule has 0 unspecified atom stereocenters. The minimum Gasteiger partial charge on any atom is -0.345 e. The molecular formula is C98H70B3N9S2. The number of benzene rings is 15. The fourth-order valence-electron chi connectivity index (χ4n) is 19.4. The average Bonchev–Trinajstić information content (AvgIpc) is 1.09. The summed E-state index contributed by atoms with van der Waals surface area (Å²) in [5.74, 6) is 0. The van der Waals surface area contributed by atoms with Crippen LogP contribution >= 0.6 is 22.7 Å². The van der Waals surface area contributed by atoms with Gasteiger partial charge in [-0.2, -0.15) is 0 Å². The minimum atomic E-state index is -0.204. The van der Waals surface area contributed by atoms with Crippen molar-refractivity contribution in [3.8, 4) is 0 Å². The Labute approximate surface area is 661 Å². The van der Waals surface area contributed by atoms with Gasteiger partial charge in [-0.25, -0.2) is 0 Å². The normalized spacial score (nSPS) is 13.6. The van der Waals surface area contributed by atoms with Crippen LogP contribution < -0.4 is 91.9 Å². The predicted molar refractivity (Wildman–Crippen MR) is 483 cm³/mol. The molecule has 0 radical (unpaired) electrons. The van der Waals surface area contributed by atoms with Crippen LogP contribution in [0.3, 0.4) is 0 Å². The van der Waals surface area contributed by atoms with Gasteiger partial charge in [-0.15, -0.1) is 22.7 Å². The number of fused-ring (bicyclic) bond motifs is 16. The largest absolute Gasteiger partial charge is 0.345 e. The van der Waals surface area contributed by atoms with Gasteiger partial charge in [0, 0.05) is 160 Å². The lowest BCUT2D eigenvalue weighted by atomic mass is 9.30. The van der Waals surface area contributed by atoms with Crippen molar-refractivity contribution in [1.29, 1.82) is 0 Å². The Morgan fingerprint density at radius 2 is 0.464 bits per heavy atom. The summed E-state index contributed by atoms with van der Waals surface area (Å²) >= 11 is 3.91. The highest BCUT2D eigenvalue weighted by Gasteiger charge is 2.51. The van der Waals surface area contributed by atoms with Crippen LogP contribution in [0.25, 0.3) is 20.2 Å². The molecule has 23 rings (SSSR count). The molecule has 6 aliphatic heterocycles. The summed E-state index contributed by atoms with van der Waals surface area (Å²) in [6.45, 7) is -0.469. The van der Waals surface area contributed by atoms with E-state index in [0.29, 0.717) is 0 Å². The molecule has 17 aromatic rings. The van der Waals surface area contributed by atoms with Crippen LogP contribution in [0.4, 0.5) is 131 Å². The zero-order valence-electron chi connectivity index (χ0n) is 62.1. The maximum atomic E-state index is 2.68. The standard InChI is InChI=1S/C98H70B3N9S2/c1-102-80-61-82-78(100-93-86(104(82)3)55-72(107(65-37-17-7-18-38-65)66-39-19-8-20-40-66)57-88(93)109(69-45-25-11-26-46-69)95-74-49-29-31-51-90(74)111-97(95)100)59-76(80)99-77-60-79-83(62-81(77)103(2)85-54-71(53-84(102)92(85)99)106(63-33-13-5-14-34-63)64-35-15-6-16-36-64)105(4)87-56-73(108(67-41-21-9-22-42-67)68-43-23-10-24-44-68)58-89-94(87)101(79)98-96(75-50-30-32-52-91(75)112-98)110(89)70-47-27-12-28-48-70/h5-62H,1-4H3. The molecule has 0 N–H and O–H groups in total. The zero-order valence-corrected chi connectivity index (χ0v) is 63.7. The summed E-state index contributed by atoms with van der Waals surface area (Å²) in [5.41, 5.74) is 35.4. The van der Waals surface area contributed by atoms with Crippen LogP contribution in [0.5, 0.6) is 0 Å². The summed E-state index contributed by atoms with van der Waals surface area (Å²) < 4.78 is 5.23. The Kier molecular flexibility index (Phi) is 14.5. The van der Waals surface area contributed by atoms with Crippen LogP contribution in [-0.4, -0.2) is 48.3 Å². The molecule has 0 amide bonds. The van der Waals surface area contributed by atoms with Crippen LogP contribution in [0.2, 0.25) is 0 Å². The Morgan fingerprint density at radius 1 is 0.223 bits per heavy atom. The minimum absolute atomic E-state index is 0.132. The zero-order chi connectivity index (χ0) is 74.1. The van der Waals surface area contributed by atoms with Crippen molar-refractivity contribution in [3.05, 3.63) is 352 Å². The van der Waals surface area contributed by atoms with E-state index in [1.165, 1.54) is 136 Å². The van der Waals surface area contributed by atoms with E-state index in [9.17, 15) is 0 Å². The molecule has 14 heteroatoms. The molecule has 0 saturated heterocycles. The van der Waals surface area contributed by atoms with Crippen LogP contribution in [-0.2, 0) is 0 Å². The smallest absolute Gasteiger partial charge is 0.264 e. The van der Waals surface area contributed by atoms with Gasteiger partial charge in [0.1, 0.15) is 0 Å². The van der Waals surface area contributed by atoms with E-state index in [-0.39, 0.29) is 20.1 Å². The first-order valence-corrected chi connectivity index (χ1v) is 40.2. The monoisotopic (exact) mass is 1470 g/mol. The van der Waals surface area contributed by atoms with Gasteiger partial charge in [0.2, 0.25) is 0 Å². The third-order valence-electron chi connectivity index (χ3n) is 24.3. The lowest BCUT2D eigenvalue weighted by molar-refractivity contribution is 1.15. The second kappa shape index (κ2) is 25.1. The molecule has 112 heavy (non-hydrogen) atoms. The molecule has 15 aromatic carbocycles. The van der Waals surface area contributed by atoms with Crippen LogP contribution in [0, 0.1) is 0 Å². The first kappa shape index (κ1) is 64.6.